The molecule has 8 heteroatoms. The van der Waals surface area contributed by atoms with Gasteiger partial charge >= 0.3 is 6.03 Å². The highest BCUT2D eigenvalue weighted by Crippen LogP contribution is 2.27. The molecule has 1 fully saturated rings. The summed E-state index contributed by atoms with van der Waals surface area (Å²) < 4.78 is 13.1. The average Bonchev–Trinajstić information content (AvgIpc) is 2.72. The summed E-state index contributed by atoms with van der Waals surface area (Å²) in [6.07, 6.45) is 1.25. The summed E-state index contributed by atoms with van der Waals surface area (Å²) in [6.45, 7) is 5.39. The second-order valence-electron chi connectivity index (χ2n) is 6.75. The molecule has 0 atom stereocenters. The minimum atomic E-state index is -0.854. The number of benzene rings is 2. The zero-order valence-electron chi connectivity index (χ0n) is 16.7. The van der Waals surface area contributed by atoms with Gasteiger partial charge in [0.15, 0.2) is 0 Å². The highest BCUT2D eigenvalue weighted by molar-refractivity contribution is 6.31. The van der Waals surface area contributed by atoms with Crippen LogP contribution in [0.4, 0.5) is 14.9 Å². The lowest BCUT2D eigenvalue weighted by atomic mass is 10.1. The smallest absolute Gasteiger partial charge is 0.331 e. The molecule has 1 heterocycles. The number of barbiturate groups is 1. The van der Waals surface area contributed by atoms with Crippen LogP contribution >= 0.6 is 0 Å². The molecule has 2 N–H and O–H groups in total. The highest BCUT2D eigenvalue weighted by Gasteiger charge is 2.35. The van der Waals surface area contributed by atoms with E-state index in [1.807, 2.05) is 18.7 Å². The van der Waals surface area contributed by atoms with Crippen LogP contribution in [-0.2, 0) is 16.1 Å². The van der Waals surface area contributed by atoms with Gasteiger partial charge in [-0.05, 0) is 49.8 Å². The minimum Gasteiger partial charge on any atom is -0.507 e. The van der Waals surface area contributed by atoms with E-state index in [9.17, 15) is 23.9 Å². The van der Waals surface area contributed by atoms with Gasteiger partial charge in [0.25, 0.3) is 11.8 Å². The second-order valence-corrected chi connectivity index (χ2v) is 6.75. The van der Waals surface area contributed by atoms with E-state index in [2.05, 4.69) is 5.32 Å². The van der Waals surface area contributed by atoms with Gasteiger partial charge in [-0.15, -0.1) is 0 Å². The number of carbonyl (C=O) groups is 3. The van der Waals surface area contributed by atoms with Gasteiger partial charge in [0.2, 0.25) is 0 Å². The van der Waals surface area contributed by atoms with Crippen LogP contribution < -0.4 is 10.2 Å². The van der Waals surface area contributed by atoms with Gasteiger partial charge < -0.3 is 10.0 Å². The van der Waals surface area contributed by atoms with E-state index in [-0.39, 0.29) is 23.4 Å². The Balaban J connectivity index is 1.89. The maximum Gasteiger partial charge on any atom is 0.331 e. The minimum absolute atomic E-state index is 0.0884. The number of hydrogen-bond acceptors (Lipinski definition) is 5. The Bertz CT molecular complexity index is 1010. The van der Waals surface area contributed by atoms with Crippen LogP contribution in [0.5, 0.6) is 5.75 Å². The predicted octanol–water partition coefficient (Wildman–Crippen LogP) is 3.04. The van der Waals surface area contributed by atoms with Crippen molar-refractivity contribution in [2.75, 3.05) is 18.0 Å². The Morgan fingerprint density at radius 2 is 1.73 bits per heavy atom. The predicted molar refractivity (Wildman–Crippen MR) is 110 cm³/mol. The molecule has 0 aromatic heterocycles. The monoisotopic (exact) mass is 411 g/mol. The Kier molecular flexibility index (Phi) is 6.15. The van der Waals surface area contributed by atoms with Crippen LogP contribution in [0.1, 0.15) is 25.0 Å². The molecular formula is C22H22FN3O4. The molecule has 0 unspecified atom stereocenters. The van der Waals surface area contributed by atoms with E-state index >= 15 is 0 Å². The summed E-state index contributed by atoms with van der Waals surface area (Å²) >= 11 is 0. The number of amides is 4. The Morgan fingerprint density at radius 3 is 2.33 bits per heavy atom. The van der Waals surface area contributed by atoms with Gasteiger partial charge in [0.05, 0.1) is 6.54 Å². The van der Waals surface area contributed by atoms with E-state index in [0.717, 1.165) is 23.7 Å². The lowest BCUT2D eigenvalue weighted by Crippen LogP contribution is -2.53. The van der Waals surface area contributed by atoms with Crippen LogP contribution in [0, 0.1) is 5.82 Å². The third-order valence-corrected chi connectivity index (χ3v) is 4.88. The van der Waals surface area contributed by atoms with Crippen molar-refractivity contribution in [3.8, 4) is 5.75 Å². The third-order valence-electron chi connectivity index (χ3n) is 4.88. The molecule has 0 bridgehead atoms. The number of halogens is 1. The number of phenols is 1. The Labute approximate surface area is 173 Å². The summed E-state index contributed by atoms with van der Waals surface area (Å²) in [5, 5.41) is 12.5. The number of nitrogens with one attached hydrogen (secondary N) is 1. The number of rotatable bonds is 6. The number of phenolic OH excluding ortho intramolecular Hbond substituents is 1. The van der Waals surface area contributed by atoms with Crippen molar-refractivity contribution < 1.29 is 23.9 Å². The molecule has 2 aromatic carbocycles. The number of urea groups is 1. The van der Waals surface area contributed by atoms with Gasteiger partial charge in [-0.1, -0.05) is 12.1 Å². The maximum absolute atomic E-state index is 13.1. The number of nitrogens with zero attached hydrogens (tertiary/aromatic N) is 2. The van der Waals surface area contributed by atoms with E-state index < -0.39 is 23.7 Å². The van der Waals surface area contributed by atoms with Crippen molar-refractivity contribution >= 4 is 29.6 Å². The lowest BCUT2D eigenvalue weighted by molar-refractivity contribution is -0.130. The van der Waals surface area contributed by atoms with Crippen molar-refractivity contribution in [2.24, 2.45) is 0 Å². The van der Waals surface area contributed by atoms with Gasteiger partial charge in [-0.25, -0.2) is 9.18 Å². The molecule has 4 amide bonds. The Hall–Kier alpha value is -3.68. The molecule has 156 valence electrons. The molecule has 0 saturated carbocycles. The first-order valence-electron chi connectivity index (χ1n) is 9.55. The normalized spacial score (nSPS) is 15.5. The first kappa shape index (κ1) is 21.0. The fourth-order valence-electron chi connectivity index (χ4n) is 3.21. The number of aromatic hydroxyl groups is 1. The SMILES string of the molecule is CCN(CC)c1ccc(/C=C2/C(=O)NC(=O)N(Cc3ccc(F)cc3)C2=O)c(O)c1. The summed E-state index contributed by atoms with van der Waals surface area (Å²) in [7, 11) is 0. The van der Waals surface area contributed by atoms with Crippen molar-refractivity contribution in [2.45, 2.75) is 20.4 Å². The van der Waals surface area contributed by atoms with Crippen LogP contribution in [0.3, 0.4) is 0 Å². The van der Waals surface area contributed by atoms with E-state index in [1.165, 1.54) is 30.3 Å². The fourth-order valence-corrected chi connectivity index (χ4v) is 3.21. The van der Waals surface area contributed by atoms with Crippen LogP contribution in [0.15, 0.2) is 48.0 Å². The first-order chi connectivity index (χ1) is 14.3. The standard InChI is InChI=1S/C22H22FN3O4/c1-3-25(4-2)17-10-7-15(19(27)12-17)11-18-20(28)24-22(30)26(21(18)29)13-14-5-8-16(23)9-6-14/h5-12,27H,3-4,13H2,1-2H3,(H,24,28,30)/b18-11-. The quantitative estimate of drug-likeness (QED) is 0.563. The number of carbonyl (C=O) groups excluding carboxylic acids is 3. The second kappa shape index (κ2) is 8.77. The molecule has 3 rings (SSSR count). The topological polar surface area (TPSA) is 90.0 Å². The molecule has 30 heavy (non-hydrogen) atoms. The van der Waals surface area contributed by atoms with Gasteiger partial charge in [-0.2, -0.15) is 0 Å². The average molecular weight is 411 g/mol. The van der Waals surface area contributed by atoms with E-state index in [1.54, 1.807) is 18.2 Å². The van der Waals surface area contributed by atoms with Gasteiger partial charge in [0, 0.05) is 30.4 Å². The summed E-state index contributed by atoms with van der Waals surface area (Å²) in [6, 6.07) is 9.45. The van der Waals surface area contributed by atoms with Crippen molar-refractivity contribution in [1.82, 2.24) is 10.2 Å². The van der Waals surface area contributed by atoms with Crippen molar-refractivity contribution in [3.05, 3.63) is 65.0 Å². The molecule has 7 nitrogen and oxygen atoms in total. The van der Waals surface area contributed by atoms with Crippen LogP contribution in [0.25, 0.3) is 6.08 Å². The fraction of sp³-hybridized carbons (Fsp3) is 0.227. The summed E-state index contributed by atoms with van der Waals surface area (Å²) in [4.78, 5) is 40.1. The molecule has 1 saturated heterocycles. The van der Waals surface area contributed by atoms with Gasteiger partial charge in [-0.3, -0.25) is 19.8 Å². The highest BCUT2D eigenvalue weighted by atomic mass is 19.1. The zero-order valence-corrected chi connectivity index (χ0v) is 16.7. The molecule has 2 aromatic rings. The molecular weight excluding hydrogens is 389 g/mol. The van der Waals surface area contributed by atoms with Crippen molar-refractivity contribution in [3.63, 3.8) is 0 Å². The molecule has 0 radical (unpaired) electrons. The maximum atomic E-state index is 13.1. The number of anilines is 1. The van der Waals surface area contributed by atoms with Crippen molar-refractivity contribution in [1.29, 1.82) is 0 Å². The molecule has 0 spiro atoms. The van der Waals surface area contributed by atoms with E-state index in [0.29, 0.717) is 5.56 Å². The van der Waals surface area contributed by atoms with Crippen LogP contribution in [0.2, 0.25) is 0 Å². The Morgan fingerprint density at radius 1 is 1.07 bits per heavy atom. The summed E-state index contributed by atoms with van der Waals surface area (Å²) in [5.74, 6) is -2.16. The lowest BCUT2D eigenvalue weighted by Gasteiger charge is -2.26. The van der Waals surface area contributed by atoms with E-state index in [4.69, 9.17) is 0 Å². The zero-order chi connectivity index (χ0) is 21.8. The largest absolute Gasteiger partial charge is 0.507 e. The number of hydrogen-bond donors (Lipinski definition) is 2. The van der Waals surface area contributed by atoms with Gasteiger partial charge in [0.1, 0.15) is 17.1 Å². The number of imide groups is 2. The first-order valence-corrected chi connectivity index (χ1v) is 9.55. The summed E-state index contributed by atoms with van der Waals surface area (Å²) in [5.41, 5.74) is 1.34. The molecule has 1 aliphatic heterocycles. The molecule has 0 aliphatic carbocycles. The molecule has 1 aliphatic rings. The van der Waals surface area contributed by atoms with Crippen LogP contribution in [-0.4, -0.2) is 40.9 Å². The third kappa shape index (κ3) is 4.32.